The molecule has 3 aromatic rings. The van der Waals surface area contributed by atoms with E-state index < -0.39 is 22.5 Å². The van der Waals surface area contributed by atoms with Crippen molar-refractivity contribution in [3.8, 4) is 11.3 Å². The lowest BCUT2D eigenvalue weighted by Crippen LogP contribution is -2.63. The molecule has 2 saturated heterocycles. The number of ketones is 2. The third-order valence-electron chi connectivity index (χ3n) is 8.59. The van der Waals surface area contributed by atoms with Crippen LogP contribution in [-0.2, 0) is 14.9 Å². The molecule has 2 aliphatic heterocycles. The first kappa shape index (κ1) is 31.1. The summed E-state index contributed by atoms with van der Waals surface area (Å²) >= 11 is 0. The Balaban J connectivity index is 1.33. The molecule has 5 rings (SSSR count). The van der Waals surface area contributed by atoms with Crippen molar-refractivity contribution in [3.63, 3.8) is 0 Å². The van der Waals surface area contributed by atoms with Crippen molar-refractivity contribution in [1.82, 2.24) is 20.0 Å². The lowest BCUT2D eigenvalue weighted by molar-refractivity contribution is -0.136. The van der Waals surface area contributed by atoms with Crippen LogP contribution in [0.25, 0.3) is 11.3 Å². The Labute approximate surface area is 251 Å². The molecule has 230 valence electrons. The largest absolute Gasteiger partial charge is 0.375 e. The summed E-state index contributed by atoms with van der Waals surface area (Å²) in [5, 5.41) is 3.90. The highest BCUT2D eigenvalue weighted by Crippen LogP contribution is 2.44. The van der Waals surface area contributed by atoms with Crippen molar-refractivity contribution in [3.05, 3.63) is 64.9 Å². The molecule has 4 heterocycles. The van der Waals surface area contributed by atoms with Crippen molar-refractivity contribution in [2.75, 3.05) is 19.7 Å². The van der Waals surface area contributed by atoms with Gasteiger partial charge in [-0.15, -0.1) is 0 Å². The second kappa shape index (κ2) is 11.6. The van der Waals surface area contributed by atoms with Crippen LogP contribution in [0, 0.1) is 30.9 Å². The van der Waals surface area contributed by atoms with Gasteiger partial charge in [0.2, 0.25) is 0 Å². The number of hydrogen-bond donors (Lipinski definition) is 0. The zero-order valence-corrected chi connectivity index (χ0v) is 25.8. The number of benzene rings is 1. The van der Waals surface area contributed by atoms with Crippen molar-refractivity contribution in [2.24, 2.45) is 5.41 Å². The van der Waals surface area contributed by atoms with Crippen LogP contribution in [0.3, 0.4) is 0 Å². The van der Waals surface area contributed by atoms with Gasteiger partial charge in [-0.1, -0.05) is 19.0 Å². The fourth-order valence-electron chi connectivity index (χ4n) is 6.61. The summed E-state index contributed by atoms with van der Waals surface area (Å²) in [6.07, 6.45) is 2.34. The first-order valence-electron chi connectivity index (χ1n) is 14.8. The maximum absolute atomic E-state index is 14.3. The SMILES string of the molecule is Cc1cc(C)nc(C(C)(C)CC(=O)CC2(CC(=O)c3cc(-c4ccc(F)cc4F)on3)CN(C3CCOC(C)(C)C3)C2)n1. The smallest absolute Gasteiger partial charge is 0.185 e. The molecule has 0 saturated carbocycles. The number of rotatable bonds is 10. The van der Waals surface area contributed by atoms with Gasteiger partial charge in [0, 0.05) is 79.4 Å². The number of halogens is 2. The van der Waals surface area contributed by atoms with Gasteiger partial charge in [-0.05, 0) is 58.7 Å². The van der Waals surface area contributed by atoms with Gasteiger partial charge in [-0.3, -0.25) is 14.5 Å². The number of likely N-dealkylation sites (tertiary alicyclic amines) is 1. The summed E-state index contributed by atoms with van der Waals surface area (Å²) in [7, 11) is 0. The monoisotopic (exact) mass is 594 g/mol. The maximum atomic E-state index is 14.3. The van der Waals surface area contributed by atoms with E-state index in [9.17, 15) is 18.4 Å². The standard InChI is InChI=1S/C33H40F2N4O4/c1-20-11-21(2)37-30(36-20)31(3,4)15-24(40)16-33(18-39(19-33)23-9-10-42-32(5,6)14-23)17-28(41)27-13-29(43-38-27)25-8-7-22(34)12-26(25)35/h7-8,11-13,23H,9-10,14-19H2,1-6H3. The fourth-order valence-corrected chi connectivity index (χ4v) is 6.61. The predicted molar refractivity (Wildman–Crippen MR) is 157 cm³/mol. The molecule has 0 radical (unpaired) electrons. The zero-order valence-electron chi connectivity index (χ0n) is 25.8. The highest BCUT2D eigenvalue weighted by molar-refractivity contribution is 5.96. The van der Waals surface area contributed by atoms with E-state index in [2.05, 4.69) is 33.9 Å². The van der Waals surface area contributed by atoms with E-state index in [1.807, 2.05) is 33.8 Å². The lowest BCUT2D eigenvalue weighted by atomic mass is 9.68. The van der Waals surface area contributed by atoms with E-state index in [0.717, 1.165) is 36.4 Å². The molecular weight excluding hydrogens is 554 g/mol. The Kier molecular flexibility index (Phi) is 8.39. The molecule has 2 fully saturated rings. The Bertz CT molecular complexity index is 1510. The van der Waals surface area contributed by atoms with Gasteiger partial charge in [0.05, 0.1) is 11.2 Å². The number of carbonyl (C=O) groups is 2. The van der Waals surface area contributed by atoms with Crippen LogP contribution in [0.15, 0.2) is 34.9 Å². The number of aromatic nitrogens is 3. The van der Waals surface area contributed by atoms with Gasteiger partial charge >= 0.3 is 0 Å². The second-order valence-corrected chi connectivity index (χ2v) is 13.7. The molecule has 1 unspecified atom stereocenters. The number of hydrogen-bond acceptors (Lipinski definition) is 8. The van der Waals surface area contributed by atoms with Crippen molar-refractivity contribution in [2.45, 2.75) is 90.7 Å². The molecule has 0 spiro atoms. The van der Waals surface area contributed by atoms with Crippen molar-refractivity contribution < 1.29 is 27.6 Å². The minimum Gasteiger partial charge on any atom is -0.375 e. The Hall–Kier alpha value is -3.37. The normalized spacial score (nSPS) is 20.0. The molecule has 8 nitrogen and oxygen atoms in total. The van der Waals surface area contributed by atoms with E-state index >= 15 is 0 Å². The van der Waals surface area contributed by atoms with Crippen LogP contribution >= 0.6 is 0 Å². The minimum absolute atomic E-state index is 0.0191. The molecule has 1 aromatic carbocycles. The number of Topliss-reactive ketones (excluding diaryl/α,β-unsaturated/α-hetero) is 2. The summed E-state index contributed by atoms with van der Waals surface area (Å²) < 4.78 is 38.9. The van der Waals surface area contributed by atoms with E-state index in [-0.39, 0.29) is 53.4 Å². The molecule has 1 atom stereocenters. The molecule has 43 heavy (non-hydrogen) atoms. The van der Waals surface area contributed by atoms with Crippen LogP contribution in [0.4, 0.5) is 8.78 Å². The molecular formula is C33H40F2N4O4. The Morgan fingerprint density at radius 2 is 1.74 bits per heavy atom. The van der Waals surface area contributed by atoms with E-state index in [1.54, 1.807) is 0 Å². The predicted octanol–water partition coefficient (Wildman–Crippen LogP) is 6.19. The number of aryl methyl sites for hydroxylation is 2. The molecule has 10 heteroatoms. The number of ether oxygens (including phenoxy) is 1. The van der Waals surface area contributed by atoms with Gasteiger partial charge in [-0.25, -0.2) is 18.7 Å². The molecule has 0 N–H and O–H groups in total. The summed E-state index contributed by atoms with van der Waals surface area (Å²) in [4.78, 5) is 38.7. The highest BCUT2D eigenvalue weighted by Gasteiger charge is 2.50. The first-order chi connectivity index (χ1) is 20.1. The summed E-state index contributed by atoms with van der Waals surface area (Å²) in [5.41, 5.74) is 0.406. The molecule has 2 aromatic heterocycles. The molecule has 0 amide bonds. The van der Waals surface area contributed by atoms with Gasteiger partial charge in [0.15, 0.2) is 11.5 Å². The Morgan fingerprint density at radius 1 is 1.05 bits per heavy atom. The lowest BCUT2D eigenvalue weighted by Gasteiger charge is -2.55. The van der Waals surface area contributed by atoms with Gasteiger partial charge in [-0.2, -0.15) is 0 Å². The Morgan fingerprint density at radius 3 is 2.40 bits per heavy atom. The number of nitrogens with zero attached hydrogens (tertiary/aromatic N) is 4. The van der Waals surface area contributed by atoms with Crippen LogP contribution in [0.1, 0.15) is 87.5 Å². The molecule has 0 bridgehead atoms. The third kappa shape index (κ3) is 7.07. The van der Waals surface area contributed by atoms with Gasteiger partial charge < -0.3 is 9.26 Å². The third-order valence-corrected chi connectivity index (χ3v) is 8.59. The zero-order chi connectivity index (χ0) is 31.2. The van der Waals surface area contributed by atoms with Crippen molar-refractivity contribution >= 4 is 11.6 Å². The van der Waals surface area contributed by atoms with Crippen molar-refractivity contribution in [1.29, 1.82) is 0 Å². The van der Waals surface area contributed by atoms with Crippen LogP contribution in [0.2, 0.25) is 0 Å². The molecule has 0 aliphatic carbocycles. The summed E-state index contributed by atoms with van der Waals surface area (Å²) in [6.45, 7) is 13.8. The average molecular weight is 595 g/mol. The quantitative estimate of drug-likeness (QED) is 0.257. The van der Waals surface area contributed by atoms with Crippen LogP contribution in [0.5, 0.6) is 0 Å². The molecule has 2 aliphatic rings. The average Bonchev–Trinajstić information content (AvgIpc) is 3.35. The van der Waals surface area contributed by atoms with E-state index in [0.29, 0.717) is 31.6 Å². The van der Waals surface area contributed by atoms with E-state index in [4.69, 9.17) is 9.26 Å². The maximum Gasteiger partial charge on any atom is 0.185 e. The fraction of sp³-hybridized carbons (Fsp3) is 0.545. The highest BCUT2D eigenvalue weighted by atomic mass is 19.1. The van der Waals surface area contributed by atoms with Gasteiger partial charge in [0.1, 0.15) is 28.9 Å². The summed E-state index contributed by atoms with van der Waals surface area (Å²) in [6, 6.07) is 6.72. The minimum atomic E-state index is -0.804. The summed E-state index contributed by atoms with van der Waals surface area (Å²) in [5.74, 6) is -1.08. The van der Waals surface area contributed by atoms with Crippen LogP contribution < -0.4 is 0 Å². The van der Waals surface area contributed by atoms with E-state index in [1.165, 1.54) is 12.1 Å². The second-order valence-electron chi connectivity index (χ2n) is 13.7. The number of carbonyl (C=O) groups excluding carboxylic acids is 2. The topological polar surface area (TPSA) is 98.4 Å². The van der Waals surface area contributed by atoms with Gasteiger partial charge in [0.25, 0.3) is 0 Å². The van der Waals surface area contributed by atoms with Crippen LogP contribution in [-0.4, -0.2) is 62.9 Å². The first-order valence-corrected chi connectivity index (χ1v) is 14.8.